The Bertz CT molecular complexity index is 741. The molecule has 1 atom stereocenters. The van der Waals surface area contributed by atoms with Crippen molar-refractivity contribution >= 4 is 5.88 Å². The Balaban J connectivity index is 1.86. The molecule has 1 aromatic carbocycles. The molecule has 1 saturated heterocycles. The molecule has 30 heavy (non-hydrogen) atoms. The summed E-state index contributed by atoms with van der Waals surface area (Å²) >= 11 is 0. The van der Waals surface area contributed by atoms with Crippen molar-refractivity contribution in [2.75, 3.05) is 44.3 Å². The number of benzene rings is 1. The average molecular weight is 416 g/mol. The first-order valence-corrected chi connectivity index (χ1v) is 11.4. The predicted octanol–water partition coefficient (Wildman–Crippen LogP) is 4.19. The number of hydrogen-bond donors (Lipinski definition) is 1. The summed E-state index contributed by atoms with van der Waals surface area (Å²) in [4.78, 5) is 4.63. The van der Waals surface area contributed by atoms with Crippen LogP contribution in [-0.2, 0) is 11.3 Å². The first-order chi connectivity index (χ1) is 14.6. The molecule has 1 aliphatic heterocycles. The molecule has 1 aliphatic rings. The summed E-state index contributed by atoms with van der Waals surface area (Å²) in [6, 6.07) is 10.2. The van der Waals surface area contributed by atoms with Gasteiger partial charge < -0.3 is 19.3 Å². The molecule has 1 fully saturated rings. The maximum absolute atomic E-state index is 10.4. The molecule has 2 heterocycles. The van der Waals surface area contributed by atoms with Gasteiger partial charge in [0.25, 0.3) is 0 Å². The van der Waals surface area contributed by atoms with Crippen molar-refractivity contribution in [2.24, 2.45) is 5.92 Å². The van der Waals surface area contributed by atoms with Crippen LogP contribution in [0.5, 0.6) is 0 Å². The Kier molecular flexibility index (Phi) is 8.73. The molecule has 0 unspecified atom stereocenters. The van der Waals surface area contributed by atoms with E-state index in [0.717, 1.165) is 54.7 Å². The quantitative estimate of drug-likeness (QED) is 0.594. The largest absolute Gasteiger partial charge is 0.389 e. The van der Waals surface area contributed by atoms with E-state index in [1.54, 1.807) is 0 Å². The monoisotopic (exact) mass is 415 g/mol. The van der Waals surface area contributed by atoms with E-state index in [2.05, 4.69) is 40.9 Å². The maximum atomic E-state index is 10.4. The van der Waals surface area contributed by atoms with Crippen LogP contribution < -0.4 is 4.90 Å². The normalized spacial score (nSPS) is 16.4. The van der Waals surface area contributed by atoms with Gasteiger partial charge in [-0.05, 0) is 38.6 Å². The van der Waals surface area contributed by atoms with Gasteiger partial charge in [-0.25, -0.2) is 0 Å². The van der Waals surface area contributed by atoms with Crippen LogP contribution in [0, 0.1) is 5.92 Å². The van der Waals surface area contributed by atoms with Crippen molar-refractivity contribution in [3.63, 3.8) is 0 Å². The van der Waals surface area contributed by atoms with E-state index in [1.165, 1.54) is 12.8 Å². The van der Waals surface area contributed by atoms with Crippen LogP contribution >= 0.6 is 0 Å². The van der Waals surface area contributed by atoms with Crippen LogP contribution in [0.25, 0.3) is 11.3 Å². The van der Waals surface area contributed by atoms with Gasteiger partial charge in [-0.15, -0.1) is 0 Å². The Morgan fingerprint density at radius 3 is 2.63 bits per heavy atom. The third-order valence-electron chi connectivity index (χ3n) is 5.79. The Hall–Kier alpha value is -1.89. The number of piperidine rings is 1. The second-order valence-corrected chi connectivity index (χ2v) is 8.40. The minimum absolute atomic E-state index is 0.364. The zero-order valence-electron chi connectivity index (χ0n) is 18.7. The molecular formula is C24H37N3O3. The number of aliphatic hydroxyl groups excluding tert-OH is 1. The van der Waals surface area contributed by atoms with Crippen molar-refractivity contribution in [1.29, 1.82) is 0 Å². The topological polar surface area (TPSA) is 62.0 Å². The summed E-state index contributed by atoms with van der Waals surface area (Å²) < 4.78 is 11.4. The van der Waals surface area contributed by atoms with E-state index in [4.69, 9.17) is 9.26 Å². The molecule has 166 valence electrons. The molecule has 0 radical (unpaired) electrons. The Morgan fingerprint density at radius 2 is 1.97 bits per heavy atom. The zero-order chi connectivity index (χ0) is 21.3. The number of ether oxygens (including phenoxy) is 1. The van der Waals surface area contributed by atoms with Crippen LogP contribution in [0.2, 0.25) is 0 Å². The number of aromatic nitrogens is 1. The van der Waals surface area contributed by atoms with E-state index < -0.39 is 6.10 Å². The summed E-state index contributed by atoms with van der Waals surface area (Å²) in [5, 5.41) is 14.9. The number of nitrogens with zero attached hydrogens (tertiary/aromatic N) is 3. The first kappa shape index (κ1) is 22.8. The molecule has 1 N–H and O–H groups in total. The van der Waals surface area contributed by atoms with Crippen molar-refractivity contribution in [2.45, 2.75) is 52.7 Å². The van der Waals surface area contributed by atoms with E-state index >= 15 is 0 Å². The fraction of sp³-hybridized carbons (Fsp3) is 0.625. The molecule has 2 aromatic rings. The van der Waals surface area contributed by atoms with Gasteiger partial charge in [0.15, 0.2) is 0 Å². The number of aliphatic hydroxyl groups is 1. The van der Waals surface area contributed by atoms with Crippen LogP contribution in [-0.4, -0.2) is 60.7 Å². The molecule has 0 aliphatic carbocycles. The predicted molar refractivity (Wildman–Crippen MR) is 121 cm³/mol. The van der Waals surface area contributed by atoms with Crippen LogP contribution in [0.15, 0.2) is 34.9 Å². The Morgan fingerprint density at radius 1 is 1.23 bits per heavy atom. The van der Waals surface area contributed by atoms with Gasteiger partial charge in [-0.3, -0.25) is 4.90 Å². The van der Waals surface area contributed by atoms with Crippen molar-refractivity contribution in [3.05, 3.63) is 35.9 Å². The van der Waals surface area contributed by atoms with E-state index in [-0.39, 0.29) is 0 Å². The summed E-state index contributed by atoms with van der Waals surface area (Å²) in [5.41, 5.74) is 3.09. The molecule has 0 saturated carbocycles. The third kappa shape index (κ3) is 6.06. The lowest BCUT2D eigenvalue weighted by Gasteiger charge is -2.31. The van der Waals surface area contributed by atoms with Crippen molar-refractivity contribution in [1.82, 2.24) is 10.1 Å². The van der Waals surface area contributed by atoms with Gasteiger partial charge >= 0.3 is 0 Å². The number of hydrogen-bond acceptors (Lipinski definition) is 6. The fourth-order valence-corrected chi connectivity index (χ4v) is 4.11. The molecule has 6 nitrogen and oxygen atoms in total. The SMILES string of the molecule is CCCN(Cc1c(-c2ccccc2)noc1N1CCC(C)CC1)C[C@@H](O)COCC. The highest BCUT2D eigenvalue weighted by molar-refractivity contribution is 5.68. The second kappa shape index (κ2) is 11.5. The van der Waals surface area contributed by atoms with Crippen LogP contribution in [0.3, 0.4) is 0 Å². The van der Waals surface area contributed by atoms with E-state index in [9.17, 15) is 5.11 Å². The number of rotatable bonds is 11. The van der Waals surface area contributed by atoms with Gasteiger partial charge in [0.1, 0.15) is 5.69 Å². The molecular weight excluding hydrogens is 378 g/mol. The van der Waals surface area contributed by atoms with Gasteiger partial charge in [0.2, 0.25) is 5.88 Å². The smallest absolute Gasteiger partial charge is 0.232 e. The highest BCUT2D eigenvalue weighted by atomic mass is 16.5. The van der Waals surface area contributed by atoms with Gasteiger partial charge in [-0.1, -0.05) is 49.3 Å². The summed E-state index contributed by atoms with van der Waals surface area (Å²) in [5.74, 6) is 1.65. The highest BCUT2D eigenvalue weighted by Crippen LogP contribution is 2.34. The minimum atomic E-state index is -0.504. The van der Waals surface area contributed by atoms with Gasteiger partial charge in [-0.2, -0.15) is 0 Å². The molecule has 6 heteroatoms. The van der Waals surface area contributed by atoms with E-state index in [0.29, 0.717) is 26.3 Å². The van der Waals surface area contributed by atoms with Gasteiger partial charge in [0.05, 0.1) is 18.3 Å². The summed E-state index contributed by atoms with van der Waals surface area (Å²) in [6.07, 6.45) is 2.86. The molecule has 0 amide bonds. The minimum Gasteiger partial charge on any atom is -0.389 e. The fourth-order valence-electron chi connectivity index (χ4n) is 4.11. The summed E-state index contributed by atoms with van der Waals surface area (Å²) in [6.45, 7) is 11.6. The van der Waals surface area contributed by atoms with Crippen molar-refractivity contribution in [3.8, 4) is 11.3 Å². The second-order valence-electron chi connectivity index (χ2n) is 8.40. The Labute approximate surface area is 180 Å². The maximum Gasteiger partial charge on any atom is 0.232 e. The molecule has 0 bridgehead atoms. The molecule has 0 spiro atoms. The average Bonchev–Trinajstić information content (AvgIpc) is 3.17. The van der Waals surface area contributed by atoms with Crippen LogP contribution in [0.1, 0.15) is 45.6 Å². The molecule has 1 aromatic heterocycles. The highest BCUT2D eigenvalue weighted by Gasteiger charge is 2.27. The van der Waals surface area contributed by atoms with Gasteiger partial charge in [0, 0.05) is 38.3 Å². The lowest BCUT2D eigenvalue weighted by atomic mass is 9.98. The number of anilines is 1. The zero-order valence-corrected chi connectivity index (χ0v) is 18.7. The third-order valence-corrected chi connectivity index (χ3v) is 5.79. The standard InChI is InChI=1S/C24H37N3O3/c1-4-13-26(16-21(28)18-29-5-2)17-22-23(20-9-7-6-8-10-20)25-30-24(22)27-14-11-19(3)12-15-27/h6-10,19,21,28H,4-5,11-18H2,1-3H3/t21-/m1/s1. The summed E-state index contributed by atoms with van der Waals surface area (Å²) in [7, 11) is 0. The van der Waals surface area contributed by atoms with Crippen molar-refractivity contribution < 1.29 is 14.4 Å². The first-order valence-electron chi connectivity index (χ1n) is 11.4. The lowest BCUT2D eigenvalue weighted by Crippen LogP contribution is -2.36. The molecule has 3 rings (SSSR count). The van der Waals surface area contributed by atoms with Crippen LogP contribution in [0.4, 0.5) is 5.88 Å². The van der Waals surface area contributed by atoms with E-state index in [1.807, 2.05) is 25.1 Å². The lowest BCUT2D eigenvalue weighted by molar-refractivity contribution is 0.0196.